The predicted octanol–water partition coefficient (Wildman–Crippen LogP) is 2.33. The molecule has 2 rings (SSSR count). The highest BCUT2D eigenvalue weighted by atomic mass is 32.2. The Kier molecular flexibility index (Phi) is 4.20. The quantitative estimate of drug-likeness (QED) is 0.820. The molecule has 1 unspecified atom stereocenters. The number of rotatable bonds is 4. The van der Waals surface area contributed by atoms with Gasteiger partial charge < -0.3 is 10.6 Å². The summed E-state index contributed by atoms with van der Waals surface area (Å²) in [5.41, 5.74) is 6.16. The summed E-state index contributed by atoms with van der Waals surface area (Å²) in [6.07, 6.45) is 5.28. The normalized spacial score (nSPS) is 28.7. The van der Waals surface area contributed by atoms with Crippen molar-refractivity contribution >= 4 is 11.8 Å². The molecule has 1 heterocycles. The highest BCUT2D eigenvalue weighted by Crippen LogP contribution is 2.33. The van der Waals surface area contributed by atoms with E-state index in [1.807, 2.05) is 0 Å². The van der Waals surface area contributed by atoms with E-state index < -0.39 is 0 Å². The standard InChI is InChI=1S/C13H26N2S/c1-13(2)6-8-15(9-10-16-13)7-5-12(14)11-3-4-11/h11-12H,3-10,14H2,1-2H3. The summed E-state index contributed by atoms with van der Waals surface area (Å²) in [4.78, 5) is 2.62. The Hall–Kier alpha value is 0.270. The molecule has 1 aliphatic carbocycles. The van der Waals surface area contributed by atoms with Gasteiger partial charge in [-0.1, -0.05) is 13.8 Å². The van der Waals surface area contributed by atoms with Crippen molar-refractivity contribution in [3.05, 3.63) is 0 Å². The van der Waals surface area contributed by atoms with E-state index in [1.54, 1.807) is 0 Å². The van der Waals surface area contributed by atoms with Crippen molar-refractivity contribution in [2.45, 2.75) is 50.3 Å². The number of nitrogens with zero attached hydrogens (tertiary/aromatic N) is 1. The fourth-order valence-corrected chi connectivity index (χ4v) is 3.52. The van der Waals surface area contributed by atoms with Gasteiger partial charge in [-0.2, -0.15) is 11.8 Å². The molecule has 1 saturated carbocycles. The van der Waals surface area contributed by atoms with Crippen LogP contribution in [0.25, 0.3) is 0 Å². The number of hydrogen-bond donors (Lipinski definition) is 1. The zero-order valence-corrected chi connectivity index (χ0v) is 11.6. The van der Waals surface area contributed by atoms with Gasteiger partial charge in [-0.15, -0.1) is 0 Å². The summed E-state index contributed by atoms with van der Waals surface area (Å²) in [5.74, 6) is 2.14. The summed E-state index contributed by atoms with van der Waals surface area (Å²) in [7, 11) is 0. The van der Waals surface area contributed by atoms with E-state index in [0.717, 1.165) is 5.92 Å². The largest absolute Gasteiger partial charge is 0.327 e. The third-order valence-corrected chi connectivity index (χ3v) is 5.31. The van der Waals surface area contributed by atoms with Gasteiger partial charge in [0, 0.05) is 23.1 Å². The van der Waals surface area contributed by atoms with Gasteiger partial charge in [-0.05, 0) is 44.7 Å². The lowest BCUT2D eigenvalue weighted by atomic mass is 10.1. The highest BCUT2D eigenvalue weighted by molar-refractivity contribution is 8.00. The second-order valence-corrected chi connectivity index (χ2v) is 7.79. The van der Waals surface area contributed by atoms with E-state index in [-0.39, 0.29) is 0 Å². The molecule has 0 amide bonds. The molecule has 0 spiro atoms. The minimum Gasteiger partial charge on any atom is -0.327 e. The molecule has 1 aliphatic heterocycles. The lowest BCUT2D eigenvalue weighted by Gasteiger charge is -2.23. The molecular formula is C13H26N2S. The van der Waals surface area contributed by atoms with Crippen LogP contribution in [0.4, 0.5) is 0 Å². The maximum atomic E-state index is 6.16. The molecule has 0 aromatic carbocycles. The molecule has 2 aliphatic rings. The second kappa shape index (κ2) is 5.28. The molecule has 0 aromatic rings. The average Bonchev–Trinajstić information content (AvgIpc) is 3.02. The van der Waals surface area contributed by atoms with Crippen LogP contribution in [0.1, 0.15) is 39.5 Å². The maximum Gasteiger partial charge on any atom is 0.0116 e. The van der Waals surface area contributed by atoms with E-state index in [0.29, 0.717) is 10.8 Å². The summed E-state index contributed by atoms with van der Waals surface area (Å²) in [6.45, 7) is 8.48. The Morgan fingerprint density at radius 1 is 1.38 bits per heavy atom. The van der Waals surface area contributed by atoms with Crippen molar-refractivity contribution < 1.29 is 0 Å². The average molecular weight is 242 g/mol. The van der Waals surface area contributed by atoms with E-state index in [2.05, 4.69) is 30.5 Å². The van der Waals surface area contributed by atoms with Crippen molar-refractivity contribution in [3.8, 4) is 0 Å². The van der Waals surface area contributed by atoms with Gasteiger partial charge in [0.25, 0.3) is 0 Å². The lowest BCUT2D eigenvalue weighted by molar-refractivity contribution is 0.269. The van der Waals surface area contributed by atoms with Crippen molar-refractivity contribution in [2.75, 3.05) is 25.4 Å². The SMILES string of the molecule is CC1(C)CCN(CCC(N)C2CC2)CCS1. The van der Waals surface area contributed by atoms with Crippen LogP contribution < -0.4 is 5.73 Å². The summed E-state index contributed by atoms with van der Waals surface area (Å²) in [6, 6.07) is 0.476. The van der Waals surface area contributed by atoms with Crippen molar-refractivity contribution in [1.29, 1.82) is 0 Å². The maximum absolute atomic E-state index is 6.16. The van der Waals surface area contributed by atoms with Crippen LogP contribution in [0.3, 0.4) is 0 Å². The Balaban J connectivity index is 1.69. The van der Waals surface area contributed by atoms with Gasteiger partial charge >= 0.3 is 0 Å². The van der Waals surface area contributed by atoms with Crippen LogP contribution in [-0.2, 0) is 0 Å². The minimum atomic E-state index is 0.476. The molecule has 94 valence electrons. The third kappa shape index (κ3) is 3.94. The Labute approximate surface area is 104 Å². The van der Waals surface area contributed by atoms with E-state index in [1.165, 1.54) is 51.1 Å². The molecule has 2 fully saturated rings. The van der Waals surface area contributed by atoms with E-state index in [9.17, 15) is 0 Å². The molecule has 3 heteroatoms. The number of thioether (sulfide) groups is 1. The first kappa shape index (κ1) is 12.7. The minimum absolute atomic E-state index is 0.476. The molecule has 0 radical (unpaired) electrons. The van der Waals surface area contributed by atoms with E-state index >= 15 is 0 Å². The van der Waals surface area contributed by atoms with Crippen molar-refractivity contribution in [3.63, 3.8) is 0 Å². The summed E-state index contributed by atoms with van der Waals surface area (Å²) >= 11 is 2.12. The smallest absolute Gasteiger partial charge is 0.0116 e. The van der Waals surface area contributed by atoms with Crippen molar-refractivity contribution in [1.82, 2.24) is 4.90 Å². The van der Waals surface area contributed by atoms with Crippen LogP contribution in [0.15, 0.2) is 0 Å². The van der Waals surface area contributed by atoms with E-state index in [4.69, 9.17) is 5.73 Å². The van der Waals surface area contributed by atoms with Gasteiger partial charge in [0.2, 0.25) is 0 Å². The molecule has 16 heavy (non-hydrogen) atoms. The Morgan fingerprint density at radius 2 is 2.12 bits per heavy atom. The first-order valence-electron chi connectivity index (χ1n) is 6.69. The summed E-state index contributed by atoms with van der Waals surface area (Å²) in [5, 5.41) is 0. The fourth-order valence-electron chi connectivity index (χ4n) is 2.38. The molecule has 2 nitrogen and oxygen atoms in total. The van der Waals surface area contributed by atoms with Crippen LogP contribution in [0.5, 0.6) is 0 Å². The van der Waals surface area contributed by atoms with Crippen molar-refractivity contribution in [2.24, 2.45) is 11.7 Å². The zero-order valence-electron chi connectivity index (χ0n) is 10.7. The van der Waals surface area contributed by atoms with Gasteiger partial charge in [0.1, 0.15) is 0 Å². The Bertz CT molecular complexity index is 226. The van der Waals surface area contributed by atoms with Gasteiger partial charge in [0.05, 0.1) is 0 Å². The van der Waals surface area contributed by atoms with Gasteiger partial charge in [-0.3, -0.25) is 0 Å². The molecule has 0 bridgehead atoms. The van der Waals surface area contributed by atoms with Crippen LogP contribution in [0, 0.1) is 5.92 Å². The molecular weight excluding hydrogens is 216 g/mol. The van der Waals surface area contributed by atoms with Crippen LogP contribution in [-0.4, -0.2) is 41.1 Å². The number of hydrogen-bond acceptors (Lipinski definition) is 3. The second-order valence-electron chi connectivity index (χ2n) is 5.99. The highest BCUT2D eigenvalue weighted by Gasteiger charge is 2.29. The van der Waals surface area contributed by atoms with Crippen LogP contribution >= 0.6 is 11.8 Å². The molecule has 1 saturated heterocycles. The molecule has 2 N–H and O–H groups in total. The third-order valence-electron chi connectivity index (χ3n) is 3.94. The lowest BCUT2D eigenvalue weighted by Crippen LogP contribution is -2.33. The zero-order chi connectivity index (χ0) is 11.6. The molecule has 0 aromatic heterocycles. The first-order chi connectivity index (χ1) is 7.57. The number of nitrogens with two attached hydrogens (primary N) is 1. The monoisotopic (exact) mass is 242 g/mol. The predicted molar refractivity (Wildman–Crippen MR) is 72.9 cm³/mol. The molecule has 1 atom stereocenters. The van der Waals surface area contributed by atoms with Gasteiger partial charge in [0.15, 0.2) is 0 Å². The van der Waals surface area contributed by atoms with Gasteiger partial charge in [-0.25, -0.2) is 0 Å². The first-order valence-corrected chi connectivity index (χ1v) is 7.67. The Morgan fingerprint density at radius 3 is 2.81 bits per heavy atom. The van der Waals surface area contributed by atoms with Crippen LogP contribution in [0.2, 0.25) is 0 Å². The summed E-state index contributed by atoms with van der Waals surface area (Å²) < 4.78 is 0.480. The topological polar surface area (TPSA) is 29.3 Å². The fraction of sp³-hybridized carbons (Fsp3) is 1.00.